The average molecular weight is 419 g/mol. The molecule has 0 fully saturated rings. The molecule has 0 heterocycles. The first kappa shape index (κ1) is 29.3. The summed E-state index contributed by atoms with van der Waals surface area (Å²) in [5.41, 5.74) is 13.3. The number of hydrogen-bond acceptors (Lipinski definition) is 8. The molecule has 2 amide bonds. The molecule has 4 N–H and O–H groups in total. The van der Waals surface area contributed by atoms with Gasteiger partial charge < -0.3 is 49.3 Å². The van der Waals surface area contributed by atoms with E-state index < -0.39 is 6.03 Å². The summed E-state index contributed by atoms with van der Waals surface area (Å²) in [7, 11) is 0. The first-order valence-electron chi connectivity index (χ1n) is 3.01. The van der Waals surface area contributed by atoms with Crippen LogP contribution in [0, 0.1) is 27.2 Å². The van der Waals surface area contributed by atoms with Crippen LogP contribution in [0.4, 0.5) is 4.79 Å². The molecule has 0 radical (unpaired) electrons. The predicted octanol–water partition coefficient (Wildman–Crippen LogP) is 1.90. The quantitative estimate of drug-likeness (QED) is 0.281. The van der Waals surface area contributed by atoms with Gasteiger partial charge in [-0.15, -0.1) is 10.7 Å². The van der Waals surface area contributed by atoms with Crippen molar-refractivity contribution in [3.8, 4) is 0 Å². The fraction of sp³-hybridized carbons (Fsp3) is 0.500. The van der Waals surface area contributed by atoms with Gasteiger partial charge in [0.25, 0.3) is 0 Å². The zero-order chi connectivity index (χ0) is 13.1. The minimum absolute atomic E-state index is 0. The molecule has 0 saturated carbocycles. The van der Waals surface area contributed by atoms with E-state index in [0.717, 1.165) is 22.6 Å². The number of nitrogens with zero attached hydrogens (tertiary/aromatic N) is 2. The van der Waals surface area contributed by atoms with Gasteiger partial charge in [0.2, 0.25) is 0 Å². The standard InChI is InChI=1S/C3H7N.CH4N2O2.2HNO2.Pt/c1-2-3-4;2-1(4)3-5;2*2-1-3;/h4H,1-3H2;(H4,2,3,4,5);2*(H,2,3);/q-2;;;;/p-3. The minimum atomic E-state index is -1.19. The molecule has 0 aromatic carbocycles. The first-order valence-corrected chi connectivity index (χ1v) is 3.01. The molecule has 11 nitrogen and oxygen atoms in total. The molecule has 0 aliphatic carbocycles. The molecular weight excluding hydrogens is 409 g/mol. The topological polar surface area (TPSA) is 202 Å². The normalized spacial score (nSPS) is 5.44. The second-order valence-corrected chi connectivity index (χ2v) is 1.19. The number of urea groups is 1. The third kappa shape index (κ3) is 614. The molecule has 0 aromatic heterocycles. The smallest absolute Gasteiger partial charge is 0.169 e. The number of nitrogens with one attached hydrogen (secondary N) is 3. The molecule has 12 heteroatoms. The fourth-order valence-corrected chi connectivity index (χ4v) is 0. The zero-order valence-electron chi connectivity index (χ0n) is 7.82. The number of hydrogen-bond donors (Lipinski definition) is 2. The van der Waals surface area contributed by atoms with Crippen LogP contribution in [0.25, 0.3) is 11.5 Å². The van der Waals surface area contributed by atoms with Crippen LogP contribution in [0.2, 0.25) is 0 Å². The van der Waals surface area contributed by atoms with Gasteiger partial charge in [0, 0.05) is 21.1 Å². The summed E-state index contributed by atoms with van der Waals surface area (Å²) in [4.78, 5) is 25.1. The van der Waals surface area contributed by atoms with Gasteiger partial charge in [0.05, 0.1) is 0 Å². The van der Waals surface area contributed by atoms with Crippen LogP contribution in [0.1, 0.15) is 6.42 Å². The van der Waals surface area contributed by atoms with Crippen molar-refractivity contribution in [2.75, 3.05) is 6.54 Å². The van der Waals surface area contributed by atoms with E-state index >= 15 is 0 Å². The predicted molar refractivity (Wildman–Crippen MR) is 52.1 cm³/mol. The third-order valence-corrected chi connectivity index (χ3v) is 0.278. The summed E-state index contributed by atoms with van der Waals surface area (Å²) in [6.45, 7) is 3.88. The maximum atomic E-state index is 9.12. The van der Waals surface area contributed by atoms with E-state index in [9.17, 15) is 0 Å². The third-order valence-electron chi connectivity index (χ3n) is 0.278. The van der Waals surface area contributed by atoms with Crippen molar-refractivity contribution in [1.29, 1.82) is 0 Å². The molecule has 16 heavy (non-hydrogen) atoms. The van der Waals surface area contributed by atoms with Gasteiger partial charge in [0.1, 0.15) is 0 Å². The Bertz CT molecular complexity index is 130. The number of rotatable bonds is 1. The number of amides is 2. The zero-order valence-corrected chi connectivity index (χ0v) is 10.1. The molecule has 0 aromatic rings. The van der Waals surface area contributed by atoms with Gasteiger partial charge >= 0.3 is 0 Å². The van der Waals surface area contributed by atoms with Crippen LogP contribution in [-0.4, -0.2) is 17.8 Å². The van der Waals surface area contributed by atoms with Crippen molar-refractivity contribution in [3.05, 3.63) is 38.6 Å². The Kier molecular flexibility index (Phi) is 90.3. The van der Waals surface area contributed by atoms with Crippen LogP contribution < -0.4 is 5.48 Å². The summed E-state index contributed by atoms with van der Waals surface area (Å²) >= 11 is 0. The number of hydroxylamine groups is 1. The van der Waals surface area contributed by atoms with Crippen LogP contribution in [-0.2, 0) is 21.1 Å². The minimum Gasteiger partial charge on any atom is -0.679 e. The molecule has 0 rings (SSSR count). The molecular formula is C4H10N5O6Pt-5. The Balaban J connectivity index is -0.0000000338. The second-order valence-electron chi connectivity index (χ2n) is 1.19. The Morgan fingerprint density at radius 1 is 1.38 bits per heavy atom. The first-order chi connectivity index (χ1) is 7.01. The largest absolute Gasteiger partial charge is 0.679 e. The van der Waals surface area contributed by atoms with Crippen molar-refractivity contribution in [2.24, 2.45) is 10.7 Å². The van der Waals surface area contributed by atoms with Gasteiger partial charge in [-0.05, 0) is 0 Å². The summed E-state index contributed by atoms with van der Waals surface area (Å²) < 4.78 is 0. The molecule has 0 aliphatic heterocycles. The summed E-state index contributed by atoms with van der Waals surface area (Å²) in [5.74, 6) is 0. The summed E-state index contributed by atoms with van der Waals surface area (Å²) in [5, 5.41) is 25.4. The van der Waals surface area contributed by atoms with E-state index in [0.29, 0.717) is 6.54 Å². The van der Waals surface area contributed by atoms with Gasteiger partial charge in [0.15, 0.2) is 6.03 Å². The van der Waals surface area contributed by atoms with Gasteiger partial charge in [-0.1, -0.05) is 0 Å². The molecule has 0 saturated heterocycles. The van der Waals surface area contributed by atoms with Crippen LogP contribution in [0.3, 0.4) is 0 Å². The van der Waals surface area contributed by atoms with Crippen LogP contribution in [0.5, 0.6) is 0 Å². The van der Waals surface area contributed by atoms with Crippen molar-refractivity contribution in [3.63, 3.8) is 0 Å². The van der Waals surface area contributed by atoms with E-state index in [1.807, 2.05) is 0 Å². The van der Waals surface area contributed by atoms with E-state index in [1.165, 1.54) is 0 Å². The van der Waals surface area contributed by atoms with Crippen LogP contribution >= 0.6 is 0 Å². The van der Waals surface area contributed by atoms with Crippen molar-refractivity contribution >= 4 is 6.03 Å². The molecule has 0 unspecified atom stereocenters. The number of carbonyl (C=O) groups is 1. The van der Waals surface area contributed by atoms with E-state index in [4.69, 9.17) is 41.7 Å². The molecule has 0 aliphatic rings. The van der Waals surface area contributed by atoms with Crippen molar-refractivity contribution in [2.45, 2.75) is 6.42 Å². The SMILES string of the molecule is O=N[O-].O=N[O-].[CH2-]CC[NH-].[NH-]C(=O)NO.[Pt]. The monoisotopic (exact) mass is 419 g/mol. The fourth-order valence-electron chi connectivity index (χ4n) is 0. The van der Waals surface area contributed by atoms with E-state index in [1.54, 1.807) is 0 Å². The Labute approximate surface area is 105 Å². The van der Waals surface area contributed by atoms with Gasteiger partial charge in [-0.3, -0.25) is 4.79 Å². The maximum absolute atomic E-state index is 9.12. The van der Waals surface area contributed by atoms with Gasteiger partial charge in [-0.2, -0.15) is 6.54 Å². The summed E-state index contributed by atoms with van der Waals surface area (Å²) in [6.07, 6.45) is 0.736. The molecule has 102 valence electrons. The van der Waals surface area contributed by atoms with Crippen LogP contribution in [0.15, 0.2) is 10.7 Å². The molecule has 0 atom stereocenters. The number of carbonyl (C=O) groups excluding carboxylic acids is 1. The maximum Gasteiger partial charge on any atom is 0.169 e. The molecule has 0 bridgehead atoms. The van der Waals surface area contributed by atoms with E-state index in [2.05, 4.69) is 6.92 Å². The van der Waals surface area contributed by atoms with Crippen molar-refractivity contribution in [1.82, 2.24) is 5.48 Å². The average Bonchev–Trinajstić information content (AvgIpc) is 2.20. The Morgan fingerprint density at radius 3 is 1.50 bits per heavy atom. The van der Waals surface area contributed by atoms with Crippen molar-refractivity contribution < 1.29 is 31.1 Å². The molecule has 0 spiro atoms. The summed E-state index contributed by atoms with van der Waals surface area (Å²) in [6, 6.07) is -1.19. The van der Waals surface area contributed by atoms with E-state index in [-0.39, 0.29) is 21.1 Å². The Morgan fingerprint density at radius 2 is 1.50 bits per heavy atom. The second kappa shape index (κ2) is 49.3. The van der Waals surface area contributed by atoms with Gasteiger partial charge in [-0.25, -0.2) is 6.42 Å². The Hall–Kier alpha value is -1.32.